The molecule has 1 heterocycles. The predicted octanol–water partition coefficient (Wildman–Crippen LogP) is 7.09. The summed E-state index contributed by atoms with van der Waals surface area (Å²) in [6, 6.07) is 18.3. The van der Waals surface area contributed by atoms with Gasteiger partial charge in [0.05, 0.1) is 6.04 Å². The molecular weight excluding hydrogens is 507 g/mol. The summed E-state index contributed by atoms with van der Waals surface area (Å²) >= 11 is 0. The van der Waals surface area contributed by atoms with Crippen molar-refractivity contribution < 1.29 is 23.8 Å². The second kappa shape index (κ2) is 11.2. The zero-order valence-corrected chi connectivity index (χ0v) is 24.1. The molecule has 3 aromatic carbocycles. The van der Waals surface area contributed by atoms with E-state index in [-0.39, 0.29) is 23.1 Å². The van der Waals surface area contributed by atoms with Crippen molar-refractivity contribution in [1.82, 2.24) is 9.88 Å². The Morgan fingerprint density at radius 2 is 1.68 bits per heavy atom. The molecule has 40 heavy (non-hydrogen) atoms. The zero-order chi connectivity index (χ0) is 29.4. The fraction of sp³-hybridized carbons (Fsp3) is 0.333. The highest BCUT2D eigenvalue weighted by Crippen LogP contribution is 2.29. The van der Waals surface area contributed by atoms with Crippen molar-refractivity contribution >= 4 is 22.8 Å². The molecule has 7 heteroatoms. The van der Waals surface area contributed by atoms with Crippen LogP contribution in [0.15, 0.2) is 60.7 Å². The second-order valence-corrected chi connectivity index (χ2v) is 11.5. The Balaban J connectivity index is 1.56. The molecule has 0 aliphatic heterocycles. The van der Waals surface area contributed by atoms with Gasteiger partial charge in [-0.25, -0.2) is 9.18 Å². The number of fused-ring (bicyclic) bond motifs is 1. The summed E-state index contributed by atoms with van der Waals surface area (Å²) in [5.74, 6) is -2.02. The van der Waals surface area contributed by atoms with Crippen molar-refractivity contribution in [3.05, 3.63) is 100.0 Å². The number of nitrogens with one attached hydrogen (secondary N) is 1. The Hall–Kier alpha value is -4.13. The molecule has 4 aromatic rings. The van der Waals surface area contributed by atoms with Gasteiger partial charge in [-0.05, 0) is 85.7 Å². The van der Waals surface area contributed by atoms with Crippen molar-refractivity contribution in [2.24, 2.45) is 0 Å². The summed E-state index contributed by atoms with van der Waals surface area (Å²) in [4.78, 5) is 24.3. The van der Waals surface area contributed by atoms with E-state index in [4.69, 9.17) is 9.84 Å². The van der Waals surface area contributed by atoms with Crippen LogP contribution in [0.5, 0.6) is 5.75 Å². The average molecular weight is 545 g/mol. The molecule has 0 saturated carbocycles. The fourth-order valence-corrected chi connectivity index (χ4v) is 4.79. The summed E-state index contributed by atoms with van der Waals surface area (Å²) in [6.45, 7) is 14.3. The third-order valence-electron chi connectivity index (χ3n) is 7.51. The normalized spacial score (nSPS) is 13.2. The van der Waals surface area contributed by atoms with E-state index in [0.717, 1.165) is 33.3 Å². The molecule has 0 saturated heterocycles. The van der Waals surface area contributed by atoms with Crippen LogP contribution in [0.25, 0.3) is 10.9 Å². The molecule has 2 atom stereocenters. The third-order valence-corrected chi connectivity index (χ3v) is 7.51. The monoisotopic (exact) mass is 544 g/mol. The van der Waals surface area contributed by atoms with Gasteiger partial charge in [-0.1, -0.05) is 51.1 Å². The minimum Gasteiger partial charge on any atom is -0.479 e. The van der Waals surface area contributed by atoms with Crippen molar-refractivity contribution in [3.63, 3.8) is 0 Å². The molecule has 2 unspecified atom stereocenters. The van der Waals surface area contributed by atoms with Crippen LogP contribution in [-0.4, -0.2) is 27.7 Å². The van der Waals surface area contributed by atoms with Gasteiger partial charge in [0.1, 0.15) is 0 Å². The lowest BCUT2D eigenvalue weighted by atomic mass is 9.86. The molecule has 6 nitrogen and oxygen atoms in total. The van der Waals surface area contributed by atoms with Crippen LogP contribution in [0.4, 0.5) is 4.39 Å². The van der Waals surface area contributed by atoms with Crippen LogP contribution in [0.1, 0.15) is 79.0 Å². The molecule has 0 bridgehead atoms. The lowest BCUT2D eigenvalue weighted by Gasteiger charge is -2.21. The van der Waals surface area contributed by atoms with Crippen LogP contribution < -0.4 is 10.1 Å². The molecule has 0 fully saturated rings. The minimum absolute atomic E-state index is 0.0680. The van der Waals surface area contributed by atoms with Gasteiger partial charge in [0, 0.05) is 28.7 Å². The first-order valence-corrected chi connectivity index (χ1v) is 13.4. The fourth-order valence-electron chi connectivity index (χ4n) is 4.79. The number of ether oxygens (including phenoxy) is 1. The molecule has 4 rings (SSSR count). The van der Waals surface area contributed by atoms with Crippen molar-refractivity contribution in [2.45, 2.75) is 72.6 Å². The van der Waals surface area contributed by atoms with E-state index >= 15 is 0 Å². The van der Waals surface area contributed by atoms with Crippen LogP contribution in [0.2, 0.25) is 0 Å². The van der Waals surface area contributed by atoms with Gasteiger partial charge < -0.3 is 19.7 Å². The van der Waals surface area contributed by atoms with Gasteiger partial charge >= 0.3 is 5.97 Å². The summed E-state index contributed by atoms with van der Waals surface area (Å²) < 4.78 is 21.7. The van der Waals surface area contributed by atoms with Gasteiger partial charge in [0.25, 0.3) is 5.91 Å². The molecule has 0 aliphatic rings. The lowest BCUT2D eigenvalue weighted by Crippen LogP contribution is -2.26. The molecule has 0 spiro atoms. The first-order chi connectivity index (χ1) is 18.8. The molecule has 1 amide bonds. The average Bonchev–Trinajstić information content (AvgIpc) is 3.14. The number of amides is 1. The topological polar surface area (TPSA) is 80.6 Å². The van der Waals surface area contributed by atoms with Crippen LogP contribution >= 0.6 is 0 Å². The van der Waals surface area contributed by atoms with E-state index in [9.17, 15) is 14.0 Å². The van der Waals surface area contributed by atoms with Crippen molar-refractivity contribution in [2.75, 3.05) is 0 Å². The SMILES string of the molecule is Cc1c(C)n(Cc2ccc(F)c(OC(C)C(=O)O)c2)c2ccc(C(=O)NC(C)c3ccc(C(C)(C)C)cc3)cc12. The number of aryl methyl sites for hydroxylation is 1. The Bertz CT molecular complexity index is 1560. The summed E-state index contributed by atoms with van der Waals surface area (Å²) in [5, 5.41) is 13.2. The van der Waals surface area contributed by atoms with Gasteiger partial charge in [0.2, 0.25) is 0 Å². The quantitative estimate of drug-likeness (QED) is 0.248. The number of carbonyl (C=O) groups is 2. The first kappa shape index (κ1) is 28.9. The molecule has 2 N–H and O–H groups in total. The van der Waals surface area contributed by atoms with Gasteiger partial charge in [-0.15, -0.1) is 0 Å². The second-order valence-electron chi connectivity index (χ2n) is 11.5. The highest BCUT2D eigenvalue weighted by Gasteiger charge is 2.19. The van der Waals surface area contributed by atoms with Crippen LogP contribution in [0, 0.1) is 19.7 Å². The largest absolute Gasteiger partial charge is 0.479 e. The maximum atomic E-state index is 14.3. The number of carboxylic acids is 1. The number of hydrogen-bond acceptors (Lipinski definition) is 3. The minimum atomic E-state index is -1.17. The Labute approximate surface area is 234 Å². The van der Waals surface area contributed by atoms with Gasteiger partial charge in [-0.2, -0.15) is 0 Å². The highest BCUT2D eigenvalue weighted by molar-refractivity contribution is 5.99. The van der Waals surface area contributed by atoms with E-state index in [0.29, 0.717) is 12.1 Å². The summed E-state index contributed by atoms with van der Waals surface area (Å²) in [6.07, 6.45) is -1.17. The highest BCUT2D eigenvalue weighted by atomic mass is 19.1. The number of hydrogen-bond donors (Lipinski definition) is 2. The Morgan fingerprint density at radius 1 is 1.00 bits per heavy atom. The number of nitrogens with zero attached hydrogens (tertiary/aromatic N) is 1. The zero-order valence-electron chi connectivity index (χ0n) is 24.1. The predicted molar refractivity (Wildman–Crippen MR) is 156 cm³/mol. The number of rotatable bonds is 8. The maximum Gasteiger partial charge on any atom is 0.344 e. The molecular formula is C33H37FN2O4. The van der Waals surface area contributed by atoms with E-state index in [1.165, 1.54) is 24.6 Å². The van der Waals surface area contributed by atoms with E-state index < -0.39 is 17.9 Å². The molecule has 0 radical (unpaired) electrons. The van der Waals surface area contributed by atoms with Crippen LogP contribution in [-0.2, 0) is 16.8 Å². The molecule has 1 aromatic heterocycles. The van der Waals surface area contributed by atoms with E-state index in [1.807, 2.05) is 39.0 Å². The maximum absolute atomic E-state index is 14.3. The van der Waals surface area contributed by atoms with Crippen molar-refractivity contribution in [3.8, 4) is 5.75 Å². The summed E-state index contributed by atoms with van der Waals surface area (Å²) in [5.41, 5.74) is 6.71. The standard InChI is InChI=1S/C33H37FN2O4/c1-19-21(3)36(18-23-8-14-28(34)30(16-23)40-22(4)32(38)39)29-15-11-25(17-27(19)29)31(37)35-20(2)24-9-12-26(13-10-24)33(5,6)7/h8-17,20,22H,18H2,1-7H3,(H,35,37)(H,38,39). The molecule has 0 aliphatic carbocycles. The Morgan fingerprint density at radius 3 is 2.30 bits per heavy atom. The number of carboxylic acid groups (broad SMARTS) is 1. The van der Waals surface area contributed by atoms with Gasteiger partial charge in [0.15, 0.2) is 17.7 Å². The number of halogens is 1. The number of aliphatic carboxylic acids is 1. The lowest BCUT2D eigenvalue weighted by molar-refractivity contribution is -0.144. The van der Waals surface area contributed by atoms with Crippen molar-refractivity contribution in [1.29, 1.82) is 0 Å². The van der Waals surface area contributed by atoms with Gasteiger partial charge in [-0.3, -0.25) is 4.79 Å². The van der Waals surface area contributed by atoms with E-state index in [2.05, 4.69) is 54.9 Å². The summed E-state index contributed by atoms with van der Waals surface area (Å²) in [7, 11) is 0. The number of carbonyl (C=O) groups excluding carboxylic acids is 1. The Kier molecular flexibility index (Phi) is 8.05. The van der Waals surface area contributed by atoms with Crippen LogP contribution in [0.3, 0.4) is 0 Å². The third kappa shape index (κ3) is 6.03. The smallest absolute Gasteiger partial charge is 0.344 e. The molecule has 210 valence electrons. The number of aromatic nitrogens is 1. The first-order valence-electron chi connectivity index (χ1n) is 13.4. The van der Waals surface area contributed by atoms with E-state index in [1.54, 1.807) is 6.07 Å². The number of benzene rings is 3.